The molecule has 2 aromatic carbocycles. The molecule has 0 unspecified atom stereocenters. The third-order valence-electron chi connectivity index (χ3n) is 4.97. The molecule has 26 heavy (non-hydrogen) atoms. The molecule has 1 aliphatic rings. The first-order valence-electron chi connectivity index (χ1n) is 9.19. The highest BCUT2D eigenvalue weighted by Crippen LogP contribution is 2.24. The lowest BCUT2D eigenvalue weighted by Crippen LogP contribution is -2.48. The number of para-hydroxylation sites is 1. The monoisotopic (exact) mass is 355 g/mol. The van der Waals surface area contributed by atoms with E-state index in [9.17, 15) is 9.18 Å². The summed E-state index contributed by atoms with van der Waals surface area (Å²) in [5.74, 6) is -0.00978. The Kier molecular flexibility index (Phi) is 5.76. The molecule has 0 aliphatic carbocycles. The summed E-state index contributed by atoms with van der Waals surface area (Å²) in [6.07, 6.45) is 0.679. The second-order valence-corrected chi connectivity index (χ2v) is 6.64. The van der Waals surface area contributed by atoms with Gasteiger partial charge in [0.05, 0.1) is 0 Å². The highest BCUT2D eigenvalue weighted by Gasteiger charge is 2.20. The van der Waals surface area contributed by atoms with Crippen LogP contribution < -0.4 is 10.2 Å². The second-order valence-electron chi connectivity index (χ2n) is 6.64. The molecule has 5 heteroatoms. The summed E-state index contributed by atoms with van der Waals surface area (Å²) in [4.78, 5) is 15.7. The van der Waals surface area contributed by atoms with E-state index in [1.165, 1.54) is 17.3 Å². The summed E-state index contributed by atoms with van der Waals surface area (Å²) >= 11 is 0. The van der Waals surface area contributed by atoms with Crippen LogP contribution in [0, 0.1) is 5.82 Å². The molecule has 1 heterocycles. The summed E-state index contributed by atoms with van der Waals surface area (Å²) < 4.78 is 13.7. The van der Waals surface area contributed by atoms with Gasteiger partial charge in [-0.1, -0.05) is 25.1 Å². The molecule has 4 nitrogen and oxygen atoms in total. The topological polar surface area (TPSA) is 35.6 Å². The Labute approximate surface area is 154 Å². The molecule has 3 rings (SSSR count). The number of carbonyl (C=O) groups is 1. The van der Waals surface area contributed by atoms with Gasteiger partial charge in [-0.05, 0) is 41.8 Å². The maximum Gasteiger partial charge on any atom is 0.219 e. The predicted octanol–water partition coefficient (Wildman–Crippen LogP) is 3.67. The van der Waals surface area contributed by atoms with Crippen LogP contribution in [0.15, 0.2) is 42.5 Å². The van der Waals surface area contributed by atoms with Gasteiger partial charge in [0.15, 0.2) is 0 Å². The number of anilines is 2. The van der Waals surface area contributed by atoms with Crippen LogP contribution in [0.1, 0.15) is 25.0 Å². The van der Waals surface area contributed by atoms with E-state index in [0.29, 0.717) is 13.0 Å². The third-order valence-corrected chi connectivity index (χ3v) is 4.97. The van der Waals surface area contributed by atoms with E-state index in [1.54, 1.807) is 13.0 Å². The molecule has 1 amide bonds. The van der Waals surface area contributed by atoms with Crippen molar-refractivity contribution >= 4 is 17.3 Å². The van der Waals surface area contributed by atoms with Crippen molar-refractivity contribution in [3.05, 3.63) is 59.4 Å². The SMILES string of the molecule is CCc1cc(NCc2ccccc2N2CCN(C(C)=O)CC2)ccc1F. The molecule has 1 aliphatic heterocycles. The number of hydrogen-bond acceptors (Lipinski definition) is 3. The minimum absolute atomic E-state index is 0.141. The molecule has 0 aromatic heterocycles. The lowest BCUT2D eigenvalue weighted by atomic mass is 10.1. The summed E-state index contributed by atoms with van der Waals surface area (Å²) in [7, 11) is 0. The fraction of sp³-hybridized carbons (Fsp3) is 0.381. The number of halogens is 1. The first kappa shape index (κ1) is 18.2. The van der Waals surface area contributed by atoms with E-state index >= 15 is 0 Å². The Balaban J connectivity index is 1.69. The zero-order valence-corrected chi connectivity index (χ0v) is 15.5. The Hall–Kier alpha value is -2.56. The summed E-state index contributed by atoms with van der Waals surface area (Å²) in [5.41, 5.74) is 4.05. The first-order chi connectivity index (χ1) is 12.6. The quantitative estimate of drug-likeness (QED) is 0.889. The summed E-state index contributed by atoms with van der Waals surface area (Å²) in [6, 6.07) is 13.5. The standard InChI is InChI=1S/C21H26FN3O/c1-3-17-14-19(8-9-20(17)22)23-15-18-6-4-5-7-21(18)25-12-10-24(11-13-25)16(2)26/h4-9,14,23H,3,10-13,15H2,1-2H3. The number of piperazine rings is 1. The molecule has 0 bridgehead atoms. The van der Waals surface area contributed by atoms with Crippen molar-refractivity contribution in [2.45, 2.75) is 26.8 Å². The van der Waals surface area contributed by atoms with Crippen molar-refractivity contribution in [2.75, 3.05) is 36.4 Å². The van der Waals surface area contributed by atoms with Crippen LogP contribution in [0.4, 0.5) is 15.8 Å². The van der Waals surface area contributed by atoms with Gasteiger partial charge < -0.3 is 15.1 Å². The molecule has 1 fully saturated rings. The fourth-order valence-corrected chi connectivity index (χ4v) is 3.38. The largest absolute Gasteiger partial charge is 0.381 e. The lowest BCUT2D eigenvalue weighted by molar-refractivity contribution is -0.129. The van der Waals surface area contributed by atoms with Crippen molar-refractivity contribution in [2.24, 2.45) is 0 Å². The lowest BCUT2D eigenvalue weighted by Gasteiger charge is -2.36. The number of nitrogens with one attached hydrogen (secondary N) is 1. The van der Waals surface area contributed by atoms with Gasteiger partial charge in [-0.25, -0.2) is 4.39 Å². The zero-order valence-electron chi connectivity index (χ0n) is 15.5. The average molecular weight is 355 g/mol. The number of carbonyl (C=O) groups excluding carboxylic acids is 1. The Bertz CT molecular complexity index is 770. The number of nitrogens with zero attached hydrogens (tertiary/aromatic N) is 2. The van der Waals surface area contributed by atoms with Crippen molar-refractivity contribution < 1.29 is 9.18 Å². The normalized spacial score (nSPS) is 14.4. The Morgan fingerprint density at radius 1 is 1.08 bits per heavy atom. The number of rotatable bonds is 5. The average Bonchev–Trinajstić information content (AvgIpc) is 2.67. The minimum atomic E-state index is -0.151. The van der Waals surface area contributed by atoms with E-state index < -0.39 is 0 Å². The molecular formula is C21H26FN3O. The van der Waals surface area contributed by atoms with Crippen LogP contribution in [0.2, 0.25) is 0 Å². The highest BCUT2D eigenvalue weighted by molar-refractivity contribution is 5.73. The molecule has 0 radical (unpaired) electrons. The molecule has 138 valence electrons. The molecular weight excluding hydrogens is 329 g/mol. The summed E-state index contributed by atoms with van der Waals surface area (Å²) in [5, 5.41) is 3.41. The molecule has 0 spiro atoms. The number of benzene rings is 2. The van der Waals surface area contributed by atoms with Gasteiger partial charge in [0.2, 0.25) is 5.91 Å². The Morgan fingerprint density at radius 2 is 1.81 bits per heavy atom. The van der Waals surface area contributed by atoms with Gasteiger partial charge in [-0.2, -0.15) is 0 Å². The minimum Gasteiger partial charge on any atom is -0.381 e. The Morgan fingerprint density at radius 3 is 2.50 bits per heavy atom. The molecule has 2 aromatic rings. The van der Waals surface area contributed by atoms with Gasteiger partial charge >= 0.3 is 0 Å². The molecule has 1 saturated heterocycles. The van der Waals surface area contributed by atoms with Crippen molar-refractivity contribution in [1.82, 2.24) is 4.90 Å². The van der Waals surface area contributed by atoms with E-state index in [4.69, 9.17) is 0 Å². The van der Waals surface area contributed by atoms with Crippen LogP contribution in [-0.2, 0) is 17.8 Å². The van der Waals surface area contributed by atoms with Crippen LogP contribution in [-0.4, -0.2) is 37.0 Å². The van der Waals surface area contributed by atoms with Crippen LogP contribution in [0.25, 0.3) is 0 Å². The van der Waals surface area contributed by atoms with Crippen LogP contribution >= 0.6 is 0 Å². The molecule has 0 atom stereocenters. The second kappa shape index (κ2) is 8.21. The van der Waals surface area contributed by atoms with Gasteiger partial charge in [-0.15, -0.1) is 0 Å². The molecule has 0 saturated carbocycles. The fourth-order valence-electron chi connectivity index (χ4n) is 3.38. The highest BCUT2D eigenvalue weighted by atomic mass is 19.1. The number of aryl methyl sites for hydroxylation is 1. The third kappa shape index (κ3) is 4.15. The van der Waals surface area contributed by atoms with E-state index in [-0.39, 0.29) is 11.7 Å². The number of amides is 1. The predicted molar refractivity (Wildman–Crippen MR) is 104 cm³/mol. The van der Waals surface area contributed by atoms with Crippen molar-refractivity contribution in [3.8, 4) is 0 Å². The summed E-state index contributed by atoms with van der Waals surface area (Å²) in [6.45, 7) is 7.46. The zero-order chi connectivity index (χ0) is 18.5. The van der Waals surface area contributed by atoms with Crippen LogP contribution in [0.3, 0.4) is 0 Å². The molecule has 1 N–H and O–H groups in total. The van der Waals surface area contributed by atoms with E-state index in [1.807, 2.05) is 30.0 Å². The van der Waals surface area contributed by atoms with Crippen LogP contribution in [0.5, 0.6) is 0 Å². The number of hydrogen-bond donors (Lipinski definition) is 1. The maximum absolute atomic E-state index is 13.7. The van der Waals surface area contributed by atoms with Gasteiger partial charge in [0, 0.05) is 51.0 Å². The van der Waals surface area contributed by atoms with Gasteiger partial charge in [0.25, 0.3) is 0 Å². The smallest absolute Gasteiger partial charge is 0.219 e. The van der Waals surface area contributed by atoms with Crippen molar-refractivity contribution in [1.29, 1.82) is 0 Å². The first-order valence-corrected chi connectivity index (χ1v) is 9.19. The maximum atomic E-state index is 13.7. The van der Waals surface area contributed by atoms with E-state index in [2.05, 4.69) is 22.3 Å². The van der Waals surface area contributed by atoms with Crippen molar-refractivity contribution in [3.63, 3.8) is 0 Å². The van der Waals surface area contributed by atoms with Gasteiger partial charge in [0.1, 0.15) is 5.82 Å². The van der Waals surface area contributed by atoms with E-state index in [0.717, 1.165) is 37.4 Å². The van der Waals surface area contributed by atoms with Gasteiger partial charge in [-0.3, -0.25) is 4.79 Å².